The second-order valence-corrected chi connectivity index (χ2v) is 2.45. The molecule has 1 fully saturated rings. The molecule has 1 atom stereocenters. The van der Waals surface area contributed by atoms with Crippen molar-refractivity contribution < 1.29 is 0 Å². The third-order valence-electron chi connectivity index (χ3n) is 1.75. The summed E-state index contributed by atoms with van der Waals surface area (Å²) in [7, 11) is 0. The van der Waals surface area contributed by atoms with E-state index in [9.17, 15) is 0 Å². The molecule has 0 aliphatic heterocycles. The fraction of sp³-hybridized carbons (Fsp3) is 0.625. The first-order valence-corrected chi connectivity index (χ1v) is 3.37. The minimum Gasteiger partial charge on any atom is -0.103 e. The molecule has 0 bridgehead atoms. The molecule has 0 nitrogen and oxygen atoms in total. The summed E-state index contributed by atoms with van der Waals surface area (Å²) in [5, 5.41) is 0. The van der Waals surface area contributed by atoms with Crippen LogP contribution in [0.5, 0.6) is 0 Å². The van der Waals surface area contributed by atoms with Gasteiger partial charge in [-0.05, 0) is 31.6 Å². The zero-order valence-electron chi connectivity index (χ0n) is 5.27. The van der Waals surface area contributed by atoms with Gasteiger partial charge < -0.3 is 0 Å². The average Bonchev–Trinajstić information content (AvgIpc) is 2.19. The normalized spacial score (nSPS) is 21.5. The Bertz CT molecular complexity index is 68.1. The van der Waals surface area contributed by atoms with E-state index >= 15 is 0 Å². The fourth-order valence-electron chi connectivity index (χ4n) is 1.28. The first kappa shape index (κ1) is 5.87. The Balaban J connectivity index is 2.14. The van der Waals surface area contributed by atoms with Crippen molar-refractivity contribution in [3.63, 3.8) is 0 Å². The average molecular weight is 109 g/mol. The topological polar surface area (TPSA) is 0 Å². The molecule has 0 heteroatoms. The van der Waals surface area contributed by atoms with Crippen LogP contribution in [0.2, 0.25) is 0 Å². The molecule has 45 valence electrons. The van der Waals surface area contributed by atoms with Gasteiger partial charge in [0.2, 0.25) is 0 Å². The minimum absolute atomic E-state index is 0.868. The molecule has 1 rings (SSSR count). The van der Waals surface area contributed by atoms with E-state index in [1.165, 1.54) is 25.7 Å². The Morgan fingerprint density at radius 2 is 2.62 bits per heavy atom. The van der Waals surface area contributed by atoms with Crippen LogP contribution in [-0.2, 0) is 0 Å². The molecule has 0 saturated heterocycles. The zero-order valence-corrected chi connectivity index (χ0v) is 5.27. The maximum absolute atomic E-state index is 3.70. The van der Waals surface area contributed by atoms with Gasteiger partial charge in [-0.2, -0.15) is 0 Å². The van der Waals surface area contributed by atoms with Crippen LogP contribution in [0.1, 0.15) is 25.7 Å². The van der Waals surface area contributed by atoms with E-state index in [0.717, 1.165) is 5.92 Å². The molecule has 8 heavy (non-hydrogen) atoms. The third-order valence-corrected chi connectivity index (χ3v) is 1.75. The molecule has 0 aromatic heterocycles. The van der Waals surface area contributed by atoms with Crippen LogP contribution in [0.4, 0.5) is 0 Å². The Hall–Kier alpha value is -0.260. The lowest BCUT2D eigenvalue weighted by atomic mass is 10.1. The Morgan fingerprint density at radius 1 is 1.75 bits per heavy atom. The van der Waals surface area contributed by atoms with Gasteiger partial charge in [0.25, 0.3) is 0 Å². The van der Waals surface area contributed by atoms with E-state index < -0.39 is 0 Å². The molecule has 0 heterocycles. The summed E-state index contributed by atoms with van der Waals surface area (Å²) in [5.74, 6) is 0.868. The summed E-state index contributed by atoms with van der Waals surface area (Å²) in [4.78, 5) is 0. The summed E-state index contributed by atoms with van der Waals surface area (Å²) in [6, 6.07) is 0. The molecule has 1 aliphatic rings. The van der Waals surface area contributed by atoms with Crippen LogP contribution in [0.25, 0.3) is 0 Å². The van der Waals surface area contributed by atoms with Gasteiger partial charge in [0.05, 0.1) is 0 Å². The number of hydrogen-bond acceptors (Lipinski definition) is 0. The maximum atomic E-state index is 3.70. The van der Waals surface area contributed by atoms with Gasteiger partial charge in [-0.25, -0.2) is 0 Å². The summed E-state index contributed by atoms with van der Waals surface area (Å²) >= 11 is 0. The van der Waals surface area contributed by atoms with Crippen molar-refractivity contribution in [1.29, 1.82) is 0 Å². The van der Waals surface area contributed by atoms with Gasteiger partial charge in [0, 0.05) is 0 Å². The number of rotatable bonds is 2. The highest BCUT2D eigenvalue weighted by Gasteiger charge is 2.12. The minimum atomic E-state index is 0.868. The van der Waals surface area contributed by atoms with E-state index in [1.54, 1.807) is 0 Å². The van der Waals surface area contributed by atoms with Gasteiger partial charge in [-0.1, -0.05) is 12.5 Å². The Morgan fingerprint density at radius 3 is 3.12 bits per heavy atom. The van der Waals surface area contributed by atoms with Crippen LogP contribution >= 0.6 is 0 Å². The first-order valence-electron chi connectivity index (χ1n) is 3.37. The lowest BCUT2D eigenvalue weighted by Gasteiger charge is -2.00. The summed E-state index contributed by atoms with van der Waals surface area (Å²) in [6.45, 7) is 3.70. The van der Waals surface area contributed by atoms with E-state index in [4.69, 9.17) is 0 Å². The van der Waals surface area contributed by atoms with Crippen molar-refractivity contribution >= 4 is 0 Å². The summed E-state index contributed by atoms with van der Waals surface area (Å²) in [5.41, 5.74) is 0. The smallest absolute Gasteiger partial charge is 0.0322 e. The van der Waals surface area contributed by atoms with Crippen LogP contribution in [0.3, 0.4) is 0 Å². The van der Waals surface area contributed by atoms with Gasteiger partial charge in [0.15, 0.2) is 0 Å². The van der Waals surface area contributed by atoms with Crippen LogP contribution in [-0.4, -0.2) is 0 Å². The number of allylic oxidation sites excluding steroid dienone is 1. The monoisotopic (exact) mass is 109 g/mol. The number of hydrogen-bond donors (Lipinski definition) is 0. The highest BCUT2D eigenvalue weighted by molar-refractivity contribution is 4.87. The SMILES string of the molecule is C=CCC1[CH]CCC1. The summed E-state index contributed by atoms with van der Waals surface area (Å²) in [6.07, 6.45) is 9.76. The molecule has 0 amide bonds. The highest BCUT2D eigenvalue weighted by Crippen LogP contribution is 2.26. The maximum Gasteiger partial charge on any atom is -0.0322 e. The van der Waals surface area contributed by atoms with Crippen LogP contribution in [0, 0.1) is 12.3 Å². The van der Waals surface area contributed by atoms with Crippen molar-refractivity contribution in [3.05, 3.63) is 19.1 Å². The van der Waals surface area contributed by atoms with Gasteiger partial charge in [-0.3, -0.25) is 0 Å². The molecular weight excluding hydrogens is 96.1 g/mol. The highest BCUT2D eigenvalue weighted by atomic mass is 14.2. The molecule has 1 saturated carbocycles. The Kier molecular flexibility index (Phi) is 2.13. The zero-order chi connectivity index (χ0) is 5.82. The van der Waals surface area contributed by atoms with Crippen molar-refractivity contribution in [1.82, 2.24) is 0 Å². The van der Waals surface area contributed by atoms with Crippen molar-refractivity contribution in [2.24, 2.45) is 5.92 Å². The van der Waals surface area contributed by atoms with Crippen LogP contribution < -0.4 is 0 Å². The molecular formula is C8H13. The van der Waals surface area contributed by atoms with Gasteiger partial charge in [0.1, 0.15) is 0 Å². The molecule has 0 N–H and O–H groups in total. The summed E-state index contributed by atoms with van der Waals surface area (Å²) < 4.78 is 0. The lowest BCUT2D eigenvalue weighted by Crippen LogP contribution is -1.88. The fourth-order valence-corrected chi connectivity index (χ4v) is 1.28. The van der Waals surface area contributed by atoms with E-state index in [1.807, 2.05) is 6.08 Å². The van der Waals surface area contributed by atoms with E-state index in [-0.39, 0.29) is 0 Å². The molecule has 1 aliphatic carbocycles. The standard InChI is InChI=1S/C8H13/c1-2-5-8-6-3-4-7-8/h2,6,8H,1,3-5,7H2. The molecule has 0 aromatic rings. The molecule has 0 aromatic carbocycles. The quantitative estimate of drug-likeness (QED) is 0.478. The predicted molar refractivity (Wildman–Crippen MR) is 36.5 cm³/mol. The largest absolute Gasteiger partial charge is 0.103 e. The van der Waals surface area contributed by atoms with Crippen LogP contribution in [0.15, 0.2) is 12.7 Å². The molecule has 1 radical (unpaired) electrons. The van der Waals surface area contributed by atoms with Crippen molar-refractivity contribution in [3.8, 4) is 0 Å². The second kappa shape index (κ2) is 2.91. The first-order chi connectivity index (χ1) is 3.93. The Labute approximate surface area is 51.6 Å². The third kappa shape index (κ3) is 1.36. The van der Waals surface area contributed by atoms with E-state index in [0.29, 0.717) is 0 Å². The lowest BCUT2D eigenvalue weighted by molar-refractivity contribution is 0.634. The van der Waals surface area contributed by atoms with Crippen molar-refractivity contribution in [2.45, 2.75) is 25.7 Å². The van der Waals surface area contributed by atoms with E-state index in [2.05, 4.69) is 13.0 Å². The van der Waals surface area contributed by atoms with Gasteiger partial charge >= 0.3 is 0 Å². The second-order valence-electron chi connectivity index (χ2n) is 2.45. The predicted octanol–water partition coefficient (Wildman–Crippen LogP) is 2.57. The van der Waals surface area contributed by atoms with Crippen molar-refractivity contribution in [2.75, 3.05) is 0 Å². The van der Waals surface area contributed by atoms with Gasteiger partial charge in [-0.15, -0.1) is 6.58 Å². The molecule has 1 unspecified atom stereocenters. The molecule has 0 spiro atoms.